The lowest BCUT2D eigenvalue weighted by Gasteiger charge is -2.26. The number of aliphatic imine (C=N–C) groups is 1. The average Bonchev–Trinajstić information content (AvgIpc) is 3.06. The molecule has 1 aliphatic rings. The highest BCUT2D eigenvalue weighted by molar-refractivity contribution is 14.0. The number of hydrogen-bond acceptors (Lipinski definition) is 2. The van der Waals surface area contributed by atoms with Gasteiger partial charge in [-0.05, 0) is 55.4 Å². The van der Waals surface area contributed by atoms with Gasteiger partial charge in [-0.1, -0.05) is 11.6 Å². The van der Waals surface area contributed by atoms with Crippen LogP contribution in [0.2, 0.25) is 5.02 Å². The van der Waals surface area contributed by atoms with E-state index in [0.29, 0.717) is 0 Å². The number of benzene rings is 1. The van der Waals surface area contributed by atoms with Crippen molar-refractivity contribution >= 4 is 52.4 Å². The van der Waals surface area contributed by atoms with Crippen molar-refractivity contribution in [1.82, 2.24) is 15.2 Å². The standard InChI is InChI=1S/C20H29ClN4O.HI/c1-22-20(25(2)10-6-15-7-11-26-12-8-15)23-9-5-16-14-24-19-4-3-17(21)13-18(16)19;/h3-4,13-15,24H,5-12H2,1-2H3,(H,22,23);1H. The maximum atomic E-state index is 6.13. The zero-order chi connectivity index (χ0) is 18.4. The van der Waals surface area contributed by atoms with Crippen LogP contribution in [0.15, 0.2) is 29.4 Å². The summed E-state index contributed by atoms with van der Waals surface area (Å²) < 4.78 is 5.44. The van der Waals surface area contributed by atoms with E-state index >= 15 is 0 Å². The molecule has 0 spiro atoms. The van der Waals surface area contributed by atoms with Crippen LogP contribution >= 0.6 is 35.6 Å². The quantitative estimate of drug-likeness (QED) is 0.350. The van der Waals surface area contributed by atoms with Crippen LogP contribution in [0.3, 0.4) is 0 Å². The fraction of sp³-hybridized carbons (Fsp3) is 0.550. The summed E-state index contributed by atoms with van der Waals surface area (Å²) in [6.07, 6.45) is 6.56. The van der Waals surface area contributed by atoms with Gasteiger partial charge in [0.25, 0.3) is 0 Å². The van der Waals surface area contributed by atoms with Crippen LogP contribution in [0.4, 0.5) is 0 Å². The van der Waals surface area contributed by atoms with Gasteiger partial charge >= 0.3 is 0 Å². The van der Waals surface area contributed by atoms with Crippen molar-refractivity contribution in [3.63, 3.8) is 0 Å². The van der Waals surface area contributed by atoms with Crippen molar-refractivity contribution in [1.29, 1.82) is 0 Å². The first-order valence-corrected chi connectivity index (χ1v) is 9.80. The Kier molecular flexibility index (Phi) is 9.18. The summed E-state index contributed by atoms with van der Waals surface area (Å²) in [6.45, 7) is 3.69. The highest BCUT2D eigenvalue weighted by Gasteiger charge is 2.15. The van der Waals surface area contributed by atoms with E-state index in [0.717, 1.165) is 55.1 Å². The third-order valence-electron chi connectivity index (χ3n) is 5.19. The summed E-state index contributed by atoms with van der Waals surface area (Å²) in [6, 6.07) is 5.97. The molecule has 7 heteroatoms. The minimum Gasteiger partial charge on any atom is -0.381 e. The monoisotopic (exact) mass is 504 g/mol. The number of aromatic nitrogens is 1. The van der Waals surface area contributed by atoms with E-state index in [9.17, 15) is 0 Å². The molecule has 1 saturated heterocycles. The van der Waals surface area contributed by atoms with Gasteiger partial charge in [0.1, 0.15) is 0 Å². The zero-order valence-electron chi connectivity index (χ0n) is 16.1. The van der Waals surface area contributed by atoms with Crippen LogP contribution in [0.1, 0.15) is 24.8 Å². The number of nitrogens with one attached hydrogen (secondary N) is 2. The van der Waals surface area contributed by atoms with E-state index < -0.39 is 0 Å². The number of halogens is 2. The lowest BCUT2D eigenvalue weighted by Crippen LogP contribution is -2.40. The second kappa shape index (κ2) is 11.1. The average molecular weight is 505 g/mol. The molecule has 0 saturated carbocycles. The van der Waals surface area contributed by atoms with Gasteiger partial charge in [-0.15, -0.1) is 24.0 Å². The van der Waals surface area contributed by atoms with E-state index in [-0.39, 0.29) is 24.0 Å². The smallest absolute Gasteiger partial charge is 0.193 e. The van der Waals surface area contributed by atoms with Gasteiger partial charge < -0.3 is 19.9 Å². The fourth-order valence-corrected chi connectivity index (χ4v) is 3.74. The molecule has 0 unspecified atom stereocenters. The van der Waals surface area contributed by atoms with Crippen molar-refractivity contribution < 1.29 is 4.74 Å². The number of guanidine groups is 1. The maximum Gasteiger partial charge on any atom is 0.193 e. The summed E-state index contributed by atoms with van der Waals surface area (Å²) in [5, 5.41) is 5.45. The van der Waals surface area contributed by atoms with Crippen molar-refractivity contribution in [3.8, 4) is 0 Å². The Morgan fingerprint density at radius 1 is 1.37 bits per heavy atom. The number of fused-ring (bicyclic) bond motifs is 1. The highest BCUT2D eigenvalue weighted by atomic mass is 127. The molecule has 0 atom stereocenters. The van der Waals surface area contributed by atoms with Gasteiger partial charge in [0, 0.05) is 62.5 Å². The molecule has 3 rings (SSSR count). The van der Waals surface area contributed by atoms with Crippen LogP contribution in [0.25, 0.3) is 10.9 Å². The molecule has 1 aliphatic heterocycles. The van der Waals surface area contributed by atoms with Gasteiger partial charge in [-0.2, -0.15) is 0 Å². The Morgan fingerprint density at radius 2 is 2.15 bits per heavy atom. The van der Waals surface area contributed by atoms with Crippen molar-refractivity contribution in [2.24, 2.45) is 10.9 Å². The largest absolute Gasteiger partial charge is 0.381 e. The summed E-state index contributed by atoms with van der Waals surface area (Å²) in [5.74, 6) is 1.73. The Balaban J connectivity index is 0.00000261. The second-order valence-corrected chi connectivity index (χ2v) is 7.43. The van der Waals surface area contributed by atoms with Crippen molar-refractivity contribution in [2.75, 3.05) is 40.4 Å². The predicted molar refractivity (Wildman–Crippen MR) is 125 cm³/mol. The van der Waals surface area contributed by atoms with Gasteiger partial charge in [0.15, 0.2) is 5.96 Å². The van der Waals surface area contributed by atoms with Crippen LogP contribution < -0.4 is 5.32 Å². The normalized spacial score (nSPS) is 15.6. The van der Waals surface area contributed by atoms with Crippen molar-refractivity contribution in [2.45, 2.75) is 25.7 Å². The molecule has 0 bridgehead atoms. The minimum absolute atomic E-state index is 0. The molecule has 0 amide bonds. The summed E-state index contributed by atoms with van der Waals surface area (Å²) in [4.78, 5) is 9.96. The van der Waals surface area contributed by atoms with Crippen LogP contribution in [-0.2, 0) is 11.2 Å². The third-order valence-corrected chi connectivity index (χ3v) is 5.43. The number of aromatic amines is 1. The Hall–Kier alpha value is -0.990. The first-order chi connectivity index (χ1) is 12.7. The second-order valence-electron chi connectivity index (χ2n) is 6.99. The Morgan fingerprint density at radius 3 is 2.89 bits per heavy atom. The van der Waals surface area contributed by atoms with Crippen LogP contribution in [-0.4, -0.2) is 56.2 Å². The van der Waals surface area contributed by atoms with Gasteiger partial charge in [0.2, 0.25) is 0 Å². The molecule has 0 radical (unpaired) electrons. The first-order valence-electron chi connectivity index (χ1n) is 9.42. The Labute approximate surface area is 183 Å². The van der Waals surface area contributed by atoms with Gasteiger partial charge in [0.05, 0.1) is 0 Å². The predicted octanol–water partition coefficient (Wildman–Crippen LogP) is 4.31. The number of ether oxygens (including phenoxy) is 1. The van der Waals surface area contributed by atoms with Gasteiger partial charge in [-0.25, -0.2) is 0 Å². The van der Waals surface area contributed by atoms with Gasteiger partial charge in [-0.3, -0.25) is 4.99 Å². The number of hydrogen-bond donors (Lipinski definition) is 2. The molecule has 1 aromatic carbocycles. The molecular weight excluding hydrogens is 475 g/mol. The molecule has 150 valence electrons. The van der Waals surface area contributed by atoms with Crippen LogP contribution in [0.5, 0.6) is 0 Å². The number of rotatable bonds is 6. The van der Waals surface area contributed by atoms with E-state index in [1.54, 1.807) is 0 Å². The Bertz CT molecular complexity index is 743. The van der Waals surface area contributed by atoms with E-state index in [1.807, 2.05) is 25.2 Å². The maximum absolute atomic E-state index is 6.13. The first kappa shape index (κ1) is 22.3. The molecular formula is C20H30ClIN4O. The van der Waals surface area contributed by atoms with Crippen molar-refractivity contribution in [3.05, 3.63) is 35.0 Å². The van der Waals surface area contributed by atoms with E-state index in [1.165, 1.54) is 30.2 Å². The summed E-state index contributed by atoms with van der Waals surface area (Å²) in [5.41, 5.74) is 2.40. The van der Waals surface area contributed by atoms with Crippen LogP contribution in [0, 0.1) is 5.92 Å². The molecule has 0 aliphatic carbocycles. The summed E-state index contributed by atoms with van der Waals surface area (Å²) >= 11 is 6.13. The lowest BCUT2D eigenvalue weighted by atomic mass is 9.96. The third kappa shape index (κ3) is 6.26. The zero-order valence-corrected chi connectivity index (χ0v) is 19.2. The number of nitrogens with zero attached hydrogens (tertiary/aromatic N) is 2. The fourth-order valence-electron chi connectivity index (χ4n) is 3.57. The molecule has 1 fully saturated rings. The molecule has 27 heavy (non-hydrogen) atoms. The highest BCUT2D eigenvalue weighted by Crippen LogP contribution is 2.22. The molecule has 2 aromatic rings. The molecule has 5 nitrogen and oxygen atoms in total. The summed E-state index contributed by atoms with van der Waals surface area (Å²) in [7, 11) is 3.96. The van der Waals surface area contributed by atoms with E-state index in [4.69, 9.17) is 16.3 Å². The number of H-pyrrole nitrogens is 1. The SMILES string of the molecule is CN=C(NCCc1c[nH]c2ccc(Cl)cc12)N(C)CCC1CCOCC1.I. The molecule has 2 heterocycles. The lowest BCUT2D eigenvalue weighted by molar-refractivity contribution is 0.0625. The van der Waals surface area contributed by atoms with E-state index in [2.05, 4.69) is 33.4 Å². The topological polar surface area (TPSA) is 52.7 Å². The minimum atomic E-state index is 0. The molecule has 1 aromatic heterocycles. The molecule has 2 N–H and O–H groups in total.